The molecule has 4 rings (SSSR count). The van der Waals surface area contributed by atoms with E-state index in [-0.39, 0.29) is 23.4 Å². The molecule has 0 radical (unpaired) electrons. The predicted molar refractivity (Wildman–Crippen MR) is 155 cm³/mol. The largest absolute Gasteiger partial charge is 0.392 e. The molecule has 11 nitrogen and oxygen atoms in total. The highest BCUT2D eigenvalue weighted by atomic mass is 32.2. The summed E-state index contributed by atoms with van der Waals surface area (Å²) in [7, 11) is 2.05. The molecule has 0 aromatic heterocycles. The van der Waals surface area contributed by atoms with E-state index < -0.39 is 5.25 Å². The number of likely N-dealkylation sites (N-methyl/N-ethyl adjacent to an activating group) is 1. The normalized spacial score (nSPS) is 22.3. The third-order valence-corrected chi connectivity index (χ3v) is 8.66. The second-order valence-corrected chi connectivity index (χ2v) is 11.5. The molecule has 3 aliphatic rings. The van der Waals surface area contributed by atoms with Crippen LogP contribution in [0, 0.1) is 0 Å². The van der Waals surface area contributed by atoms with Gasteiger partial charge in [0.05, 0.1) is 0 Å². The van der Waals surface area contributed by atoms with Crippen molar-refractivity contribution < 1.29 is 14.4 Å². The number of amides is 3. The molecular weight excluding hydrogens is 516 g/mol. The number of nitrogens with one attached hydrogen (secondary N) is 3. The molecule has 0 saturated carbocycles. The number of likely N-dealkylation sites (tertiary alicyclic amines) is 1. The minimum atomic E-state index is -0.432. The lowest BCUT2D eigenvalue weighted by molar-refractivity contribution is -0.127. The van der Waals surface area contributed by atoms with E-state index in [1.165, 1.54) is 24.6 Å². The van der Waals surface area contributed by atoms with E-state index in [9.17, 15) is 14.4 Å². The van der Waals surface area contributed by atoms with Crippen LogP contribution in [0.3, 0.4) is 0 Å². The zero-order chi connectivity index (χ0) is 27.8. The average Bonchev–Trinajstić information content (AvgIpc) is 3.58. The van der Waals surface area contributed by atoms with Crippen molar-refractivity contribution in [2.75, 3.05) is 77.8 Å². The summed E-state index contributed by atoms with van der Waals surface area (Å²) in [5, 5.41) is 8.21. The fraction of sp³-hybridized carbons (Fsp3) is 0.593. The standard InChI is InChI=1S/C27H42N8O3S/c1-3-35-26(38)22(39-27(35)23(28)25(37)31-34-16-14-32(2)15-17-34)19-30-21-9-6-8-20(18-21)24(36)29-10-7-13-33-11-4-5-12-33/h6,8-9,18,22,30H,3-5,7,10-17,19,28H2,1-2H3,(H,29,36)(H,31,37)/b27-23+/t22-/m1/s1. The summed E-state index contributed by atoms with van der Waals surface area (Å²) in [6.45, 7) is 9.78. The number of hydrogen-bond acceptors (Lipinski definition) is 9. The number of rotatable bonds is 11. The van der Waals surface area contributed by atoms with Crippen molar-refractivity contribution in [3.63, 3.8) is 0 Å². The molecule has 12 heteroatoms. The van der Waals surface area contributed by atoms with Gasteiger partial charge in [-0.15, -0.1) is 0 Å². The van der Waals surface area contributed by atoms with Crippen molar-refractivity contribution in [1.82, 2.24) is 30.5 Å². The predicted octanol–water partition coefficient (Wildman–Crippen LogP) is 0.685. The molecule has 3 fully saturated rings. The topological polar surface area (TPSA) is 126 Å². The molecule has 39 heavy (non-hydrogen) atoms. The van der Waals surface area contributed by atoms with Gasteiger partial charge in [-0.05, 0) is 71.1 Å². The van der Waals surface area contributed by atoms with Gasteiger partial charge in [-0.3, -0.25) is 19.8 Å². The van der Waals surface area contributed by atoms with Crippen molar-refractivity contribution in [1.29, 1.82) is 0 Å². The first-order valence-corrected chi connectivity index (χ1v) is 14.8. The van der Waals surface area contributed by atoms with Gasteiger partial charge < -0.3 is 31.1 Å². The Morgan fingerprint density at radius 3 is 2.56 bits per heavy atom. The summed E-state index contributed by atoms with van der Waals surface area (Å²) >= 11 is 1.30. The molecule has 3 amide bonds. The number of piperazine rings is 1. The van der Waals surface area contributed by atoms with Crippen LogP contribution < -0.4 is 21.8 Å². The Labute approximate surface area is 235 Å². The maximum absolute atomic E-state index is 13.1. The highest BCUT2D eigenvalue weighted by Gasteiger charge is 2.38. The SMILES string of the molecule is CCN1C(=O)[C@@H](CNc2cccc(C(=O)NCCCN3CCCC3)c2)S/C1=C(/N)C(=O)NN1CCN(C)CC1. The van der Waals surface area contributed by atoms with Gasteiger partial charge in [0.2, 0.25) is 5.91 Å². The molecule has 0 bridgehead atoms. The van der Waals surface area contributed by atoms with Gasteiger partial charge in [-0.1, -0.05) is 17.8 Å². The maximum atomic E-state index is 13.1. The molecule has 214 valence electrons. The number of thioether (sulfide) groups is 1. The van der Waals surface area contributed by atoms with Crippen LogP contribution in [0.25, 0.3) is 0 Å². The van der Waals surface area contributed by atoms with Crippen LogP contribution >= 0.6 is 11.8 Å². The molecule has 1 atom stereocenters. The van der Waals surface area contributed by atoms with E-state index >= 15 is 0 Å². The van der Waals surface area contributed by atoms with Crippen LogP contribution in [0.5, 0.6) is 0 Å². The fourth-order valence-corrected chi connectivity index (χ4v) is 6.20. The Bertz CT molecular complexity index is 1050. The van der Waals surface area contributed by atoms with Crippen molar-refractivity contribution in [3.8, 4) is 0 Å². The quantitative estimate of drug-likeness (QED) is 0.229. The zero-order valence-corrected chi connectivity index (χ0v) is 23.9. The van der Waals surface area contributed by atoms with E-state index in [1.54, 1.807) is 17.0 Å². The first-order chi connectivity index (χ1) is 18.9. The molecule has 3 heterocycles. The van der Waals surface area contributed by atoms with E-state index in [4.69, 9.17) is 5.73 Å². The monoisotopic (exact) mass is 558 g/mol. The van der Waals surface area contributed by atoms with Crippen molar-refractivity contribution in [2.45, 2.75) is 31.4 Å². The Kier molecular flexibility index (Phi) is 10.5. The summed E-state index contributed by atoms with van der Waals surface area (Å²) in [5.74, 6) is -0.582. The van der Waals surface area contributed by atoms with Gasteiger partial charge in [0, 0.05) is 57.1 Å². The van der Waals surface area contributed by atoms with E-state index in [0.29, 0.717) is 30.2 Å². The zero-order valence-electron chi connectivity index (χ0n) is 23.1. The van der Waals surface area contributed by atoms with Gasteiger partial charge in [0.1, 0.15) is 16.0 Å². The first kappa shape index (κ1) is 29.2. The molecule has 3 saturated heterocycles. The number of benzene rings is 1. The smallest absolute Gasteiger partial charge is 0.284 e. The summed E-state index contributed by atoms with van der Waals surface area (Å²) in [6.07, 6.45) is 3.47. The highest BCUT2D eigenvalue weighted by Crippen LogP contribution is 2.36. The number of carbonyl (C=O) groups is 3. The summed E-state index contributed by atoms with van der Waals surface area (Å²) in [6, 6.07) is 7.29. The summed E-state index contributed by atoms with van der Waals surface area (Å²) in [4.78, 5) is 44.8. The maximum Gasteiger partial charge on any atom is 0.284 e. The number of hydrogen-bond donors (Lipinski definition) is 4. The van der Waals surface area contributed by atoms with Gasteiger partial charge in [-0.25, -0.2) is 5.01 Å². The third-order valence-electron chi connectivity index (χ3n) is 7.35. The lowest BCUT2D eigenvalue weighted by Gasteiger charge is -2.32. The summed E-state index contributed by atoms with van der Waals surface area (Å²) < 4.78 is 0. The first-order valence-electron chi connectivity index (χ1n) is 13.9. The summed E-state index contributed by atoms with van der Waals surface area (Å²) in [5.41, 5.74) is 10.5. The van der Waals surface area contributed by atoms with Gasteiger partial charge in [0.25, 0.3) is 11.8 Å². The van der Waals surface area contributed by atoms with E-state index in [1.807, 2.05) is 31.1 Å². The Hall–Kier alpha value is -2.80. The number of nitrogens with two attached hydrogens (primary N) is 1. The minimum Gasteiger partial charge on any atom is -0.392 e. The van der Waals surface area contributed by atoms with Crippen LogP contribution in [-0.4, -0.2) is 115 Å². The lowest BCUT2D eigenvalue weighted by atomic mass is 10.2. The van der Waals surface area contributed by atoms with Crippen LogP contribution in [0.1, 0.15) is 36.5 Å². The van der Waals surface area contributed by atoms with Crippen LogP contribution in [0.2, 0.25) is 0 Å². The molecule has 0 aliphatic carbocycles. The molecule has 5 N–H and O–H groups in total. The average molecular weight is 559 g/mol. The number of carbonyl (C=O) groups excluding carboxylic acids is 3. The second kappa shape index (κ2) is 14.0. The highest BCUT2D eigenvalue weighted by molar-refractivity contribution is 8.04. The Morgan fingerprint density at radius 2 is 1.85 bits per heavy atom. The Morgan fingerprint density at radius 1 is 1.10 bits per heavy atom. The van der Waals surface area contributed by atoms with E-state index in [0.717, 1.165) is 57.9 Å². The lowest BCUT2D eigenvalue weighted by Crippen LogP contribution is -2.53. The van der Waals surface area contributed by atoms with Gasteiger partial charge in [-0.2, -0.15) is 0 Å². The number of anilines is 1. The van der Waals surface area contributed by atoms with Crippen LogP contribution in [-0.2, 0) is 9.59 Å². The van der Waals surface area contributed by atoms with Crippen LogP contribution in [0.4, 0.5) is 5.69 Å². The minimum absolute atomic E-state index is 0.0556. The van der Waals surface area contributed by atoms with Gasteiger partial charge >= 0.3 is 0 Å². The van der Waals surface area contributed by atoms with E-state index in [2.05, 4.69) is 25.9 Å². The molecule has 0 unspecified atom stereocenters. The molecule has 3 aliphatic heterocycles. The van der Waals surface area contributed by atoms with Crippen molar-refractivity contribution in [3.05, 3.63) is 40.6 Å². The van der Waals surface area contributed by atoms with Gasteiger partial charge in [0.15, 0.2) is 0 Å². The van der Waals surface area contributed by atoms with Crippen molar-refractivity contribution in [2.24, 2.45) is 5.73 Å². The molecular formula is C27H42N8O3S. The molecule has 1 aromatic carbocycles. The van der Waals surface area contributed by atoms with Crippen molar-refractivity contribution >= 4 is 35.2 Å². The molecule has 0 spiro atoms. The Balaban J connectivity index is 1.29. The molecule has 1 aromatic rings. The number of nitrogens with zero attached hydrogens (tertiary/aromatic N) is 4. The second-order valence-electron chi connectivity index (χ2n) is 10.3. The fourth-order valence-electron chi connectivity index (χ4n) is 4.97. The number of hydrazine groups is 1. The van der Waals surface area contributed by atoms with Crippen LogP contribution in [0.15, 0.2) is 35.0 Å². The third kappa shape index (κ3) is 7.87.